The lowest BCUT2D eigenvalue weighted by Crippen LogP contribution is -2.25. The van der Waals surface area contributed by atoms with E-state index >= 15 is 0 Å². The van der Waals surface area contributed by atoms with Crippen molar-refractivity contribution in [3.63, 3.8) is 0 Å². The number of hydrogen-bond donors (Lipinski definition) is 2. The standard InChI is InChI=1S/C10H15N3O/c1-6-12-9(5-10(14)13-6)7-3-2-4-8(7)11/h5,7-8H,2-4,11H2,1H3,(H,12,13,14). The molecule has 1 aromatic heterocycles. The summed E-state index contributed by atoms with van der Waals surface area (Å²) < 4.78 is 0. The van der Waals surface area contributed by atoms with E-state index in [4.69, 9.17) is 5.73 Å². The Morgan fingerprint density at radius 1 is 1.57 bits per heavy atom. The topological polar surface area (TPSA) is 71.8 Å². The highest BCUT2D eigenvalue weighted by Gasteiger charge is 2.26. The van der Waals surface area contributed by atoms with Crippen molar-refractivity contribution >= 4 is 0 Å². The van der Waals surface area contributed by atoms with Gasteiger partial charge in [-0.15, -0.1) is 0 Å². The van der Waals surface area contributed by atoms with Gasteiger partial charge in [0.1, 0.15) is 5.82 Å². The third kappa shape index (κ3) is 1.70. The maximum atomic E-state index is 11.2. The molecule has 14 heavy (non-hydrogen) atoms. The summed E-state index contributed by atoms with van der Waals surface area (Å²) in [5.74, 6) is 0.947. The molecule has 1 aliphatic rings. The molecule has 0 amide bonds. The molecule has 1 aliphatic carbocycles. The van der Waals surface area contributed by atoms with Crippen molar-refractivity contribution in [1.82, 2.24) is 9.97 Å². The quantitative estimate of drug-likeness (QED) is 0.688. The molecule has 1 aromatic rings. The molecule has 0 radical (unpaired) electrons. The Labute approximate surface area is 82.6 Å². The lowest BCUT2D eigenvalue weighted by atomic mass is 10.00. The Balaban J connectivity index is 2.36. The first-order valence-corrected chi connectivity index (χ1v) is 5.00. The van der Waals surface area contributed by atoms with Gasteiger partial charge in [0, 0.05) is 18.0 Å². The summed E-state index contributed by atoms with van der Waals surface area (Å²) in [5.41, 5.74) is 6.74. The Bertz CT molecular complexity index is 385. The van der Waals surface area contributed by atoms with Gasteiger partial charge in [-0.2, -0.15) is 0 Å². The maximum absolute atomic E-state index is 11.2. The molecule has 2 unspecified atom stereocenters. The van der Waals surface area contributed by atoms with E-state index in [2.05, 4.69) is 9.97 Å². The van der Waals surface area contributed by atoms with E-state index in [1.807, 2.05) is 0 Å². The number of nitrogens with zero attached hydrogens (tertiary/aromatic N) is 1. The molecule has 1 fully saturated rings. The maximum Gasteiger partial charge on any atom is 0.251 e. The Morgan fingerprint density at radius 2 is 2.36 bits per heavy atom. The second kappa shape index (κ2) is 3.53. The van der Waals surface area contributed by atoms with Crippen LogP contribution in [0, 0.1) is 6.92 Å². The van der Waals surface area contributed by atoms with Gasteiger partial charge in [0.05, 0.1) is 5.69 Å². The van der Waals surface area contributed by atoms with Crippen LogP contribution in [0.2, 0.25) is 0 Å². The molecule has 4 nitrogen and oxygen atoms in total. The zero-order valence-electron chi connectivity index (χ0n) is 8.29. The number of aromatic amines is 1. The summed E-state index contributed by atoms with van der Waals surface area (Å²) in [5, 5.41) is 0. The lowest BCUT2D eigenvalue weighted by Gasteiger charge is -2.14. The predicted molar refractivity (Wildman–Crippen MR) is 54.2 cm³/mol. The van der Waals surface area contributed by atoms with Crippen LogP contribution in [0.5, 0.6) is 0 Å². The Kier molecular flexibility index (Phi) is 2.37. The minimum atomic E-state index is -0.0772. The minimum absolute atomic E-state index is 0.0772. The molecular weight excluding hydrogens is 178 g/mol. The van der Waals surface area contributed by atoms with Crippen molar-refractivity contribution in [3.05, 3.63) is 27.9 Å². The number of aryl methyl sites for hydroxylation is 1. The second-order valence-corrected chi connectivity index (χ2v) is 3.96. The fourth-order valence-corrected chi connectivity index (χ4v) is 2.15. The highest BCUT2D eigenvalue weighted by Crippen LogP contribution is 2.31. The van der Waals surface area contributed by atoms with Crippen molar-refractivity contribution in [2.75, 3.05) is 0 Å². The van der Waals surface area contributed by atoms with Gasteiger partial charge in [0.15, 0.2) is 0 Å². The van der Waals surface area contributed by atoms with Gasteiger partial charge in [-0.3, -0.25) is 4.79 Å². The van der Waals surface area contributed by atoms with Crippen LogP contribution in [0.4, 0.5) is 0 Å². The largest absolute Gasteiger partial charge is 0.327 e. The summed E-state index contributed by atoms with van der Waals surface area (Å²) in [6.07, 6.45) is 3.23. The van der Waals surface area contributed by atoms with E-state index in [0.29, 0.717) is 5.82 Å². The minimum Gasteiger partial charge on any atom is -0.327 e. The van der Waals surface area contributed by atoms with Gasteiger partial charge in [0.25, 0.3) is 5.56 Å². The van der Waals surface area contributed by atoms with Crippen LogP contribution in [-0.2, 0) is 0 Å². The lowest BCUT2D eigenvalue weighted by molar-refractivity contribution is 0.593. The summed E-state index contributed by atoms with van der Waals surface area (Å²) in [7, 11) is 0. The van der Waals surface area contributed by atoms with Crippen LogP contribution in [0.15, 0.2) is 10.9 Å². The van der Waals surface area contributed by atoms with Crippen molar-refractivity contribution in [2.24, 2.45) is 5.73 Å². The first-order chi connectivity index (χ1) is 6.66. The van der Waals surface area contributed by atoms with Gasteiger partial charge in [-0.05, 0) is 19.8 Å². The van der Waals surface area contributed by atoms with Crippen LogP contribution >= 0.6 is 0 Å². The first-order valence-electron chi connectivity index (χ1n) is 5.00. The van der Waals surface area contributed by atoms with Gasteiger partial charge in [-0.1, -0.05) is 6.42 Å². The van der Waals surface area contributed by atoms with Gasteiger partial charge >= 0.3 is 0 Å². The van der Waals surface area contributed by atoms with Crippen LogP contribution in [0.25, 0.3) is 0 Å². The van der Waals surface area contributed by atoms with Gasteiger partial charge in [0.2, 0.25) is 0 Å². The number of H-pyrrole nitrogens is 1. The van der Waals surface area contributed by atoms with Crippen LogP contribution in [-0.4, -0.2) is 16.0 Å². The van der Waals surface area contributed by atoms with E-state index in [1.165, 1.54) is 0 Å². The molecule has 2 atom stereocenters. The highest BCUT2D eigenvalue weighted by molar-refractivity contribution is 5.13. The van der Waals surface area contributed by atoms with Crippen molar-refractivity contribution in [1.29, 1.82) is 0 Å². The summed E-state index contributed by atoms with van der Waals surface area (Å²) >= 11 is 0. The normalized spacial score (nSPS) is 26.7. The van der Waals surface area contributed by atoms with Crippen LogP contribution in [0.1, 0.15) is 36.7 Å². The molecule has 0 aliphatic heterocycles. The fraction of sp³-hybridized carbons (Fsp3) is 0.600. The third-order valence-electron chi connectivity index (χ3n) is 2.83. The number of hydrogen-bond acceptors (Lipinski definition) is 3. The Hall–Kier alpha value is -1.16. The predicted octanol–water partition coefficient (Wildman–Crippen LogP) is 0.673. The molecule has 4 heteroatoms. The number of rotatable bonds is 1. The van der Waals surface area contributed by atoms with Gasteiger partial charge < -0.3 is 10.7 Å². The monoisotopic (exact) mass is 193 g/mol. The summed E-state index contributed by atoms with van der Waals surface area (Å²) in [6, 6.07) is 1.74. The molecular formula is C10H15N3O. The fourth-order valence-electron chi connectivity index (χ4n) is 2.15. The van der Waals surface area contributed by atoms with E-state index in [-0.39, 0.29) is 17.5 Å². The summed E-state index contributed by atoms with van der Waals surface area (Å²) in [6.45, 7) is 1.80. The molecule has 76 valence electrons. The average molecular weight is 193 g/mol. The molecule has 0 aromatic carbocycles. The average Bonchev–Trinajstić information content (AvgIpc) is 2.49. The van der Waals surface area contributed by atoms with E-state index in [0.717, 1.165) is 25.0 Å². The molecule has 2 rings (SSSR count). The van der Waals surface area contributed by atoms with Crippen molar-refractivity contribution in [3.8, 4) is 0 Å². The number of nitrogens with one attached hydrogen (secondary N) is 1. The zero-order valence-corrected chi connectivity index (χ0v) is 8.29. The van der Waals surface area contributed by atoms with E-state index in [9.17, 15) is 4.79 Å². The third-order valence-corrected chi connectivity index (χ3v) is 2.83. The molecule has 0 saturated heterocycles. The molecule has 1 heterocycles. The SMILES string of the molecule is Cc1nc(C2CCCC2N)cc(=O)[nH]1. The molecule has 0 bridgehead atoms. The van der Waals surface area contributed by atoms with E-state index < -0.39 is 0 Å². The highest BCUT2D eigenvalue weighted by atomic mass is 16.1. The second-order valence-electron chi connectivity index (χ2n) is 3.96. The van der Waals surface area contributed by atoms with Crippen molar-refractivity contribution < 1.29 is 0 Å². The molecule has 0 spiro atoms. The Morgan fingerprint density at radius 3 is 2.93 bits per heavy atom. The molecule has 1 saturated carbocycles. The van der Waals surface area contributed by atoms with Crippen LogP contribution in [0.3, 0.4) is 0 Å². The first kappa shape index (κ1) is 9.40. The number of nitrogens with two attached hydrogens (primary N) is 1. The van der Waals surface area contributed by atoms with Crippen molar-refractivity contribution in [2.45, 2.75) is 38.1 Å². The smallest absolute Gasteiger partial charge is 0.251 e. The number of aromatic nitrogens is 2. The van der Waals surface area contributed by atoms with Gasteiger partial charge in [-0.25, -0.2) is 4.98 Å². The summed E-state index contributed by atoms with van der Waals surface area (Å²) in [4.78, 5) is 18.2. The zero-order chi connectivity index (χ0) is 10.1. The molecule has 3 N–H and O–H groups in total. The van der Waals surface area contributed by atoms with E-state index in [1.54, 1.807) is 13.0 Å². The van der Waals surface area contributed by atoms with Crippen LogP contribution < -0.4 is 11.3 Å².